The monoisotopic (exact) mass is 404 g/mol. The number of halogens is 1. The molecule has 148 valence electrons. The molecule has 3 rings (SSSR count). The Kier molecular flexibility index (Phi) is 5.94. The Bertz CT molecular complexity index is 885. The van der Waals surface area contributed by atoms with Crippen molar-refractivity contribution in [3.63, 3.8) is 0 Å². The lowest BCUT2D eigenvalue weighted by Crippen LogP contribution is -2.28. The summed E-state index contributed by atoms with van der Waals surface area (Å²) in [7, 11) is 4.57. The van der Waals surface area contributed by atoms with E-state index >= 15 is 0 Å². The summed E-state index contributed by atoms with van der Waals surface area (Å²) in [5.41, 5.74) is 1.15. The van der Waals surface area contributed by atoms with Gasteiger partial charge in [0.15, 0.2) is 0 Å². The second-order valence-corrected chi connectivity index (χ2v) is 6.69. The number of hydrogen-bond acceptors (Lipinski definition) is 5. The van der Waals surface area contributed by atoms with Crippen LogP contribution in [0.4, 0.5) is 11.4 Å². The summed E-state index contributed by atoms with van der Waals surface area (Å²) in [6, 6.07) is 10.3. The molecule has 28 heavy (non-hydrogen) atoms. The van der Waals surface area contributed by atoms with Crippen molar-refractivity contribution < 1.29 is 23.8 Å². The number of carbonyl (C=O) groups is 2. The van der Waals surface area contributed by atoms with Gasteiger partial charge in [0.1, 0.15) is 17.2 Å². The predicted molar refractivity (Wildman–Crippen MR) is 107 cm³/mol. The Morgan fingerprint density at radius 2 is 1.75 bits per heavy atom. The SMILES string of the molecule is COc1ccc(N2CC(C(=O)Nc3cc(Cl)c(OC)cc3OC)CC2=O)cc1. The molecule has 7 nitrogen and oxygen atoms in total. The van der Waals surface area contributed by atoms with Crippen LogP contribution in [0.15, 0.2) is 36.4 Å². The van der Waals surface area contributed by atoms with Crippen molar-refractivity contribution in [2.75, 3.05) is 38.1 Å². The topological polar surface area (TPSA) is 77.1 Å². The highest BCUT2D eigenvalue weighted by Crippen LogP contribution is 2.36. The fourth-order valence-corrected chi connectivity index (χ4v) is 3.33. The molecule has 0 saturated carbocycles. The van der Waals surface area contributed by atoms with Gasteiger partial charge in [0.2, 0.25) is 11.8 Å². The molecule has 0 aliphatic carbocycles. The number of benzene rings is 2. The zero-order valence-corrected chi connectivity index (χ0v) is 16.6. The van der Waals surface area contributed by atoms with E-state index in [1.165, 1.54) is 14.2 Å². The summed E-state index contributed by atoms with van der Waals surface area (Å²) in [6.45, 7) is 0.295. The van der Waals surface area contributed by atoms with Crippen LogP contribution in [-0.4, -0.2) is 39.7 Å². The molecule has 8 heteroatoms. The Labute approximate surface area is 168 Å². The van der Waals surface area contributed by atoms with E-state index in [1.807, 2.05) is 0 Å². The van der Waals surface area contributed by atoms with Crippen LogP contribution in [0.25, 0.3) is 0 Å². The number of nitrogens with one attached hydrogen (secondary N) is 1. The average molecular weight is 405 g/mol. The maximum atomic E-state index is 12.7. The Morgan fingerprint density at radius 3 is 2.36 bits per heavy atom. The molecule has 1 heterocycles. The van der Waals surface area contributed by atoms with Gasteiger partial charge in [0.25, 0.3) is 0 Å². The molecular formula is C20H21ClN2O5. The van der Waals surface area contributed by atoms with Gasteiger partial charge in [-0.1, -0.05) is 11.6 Å². The fraction of sp³-hybridized carbons (Fsp3) is 0.300. The number of rotatable bonds is 6. The van der Waals surface area contributed by atoms with E-state index in [-0.39, 0.29) is 18.2 Å². The third-order valence-electron chi connectivity index (χ3n) is 4.61. The summed E-state index contributed by atoms with van der Waals surface area (Å²) in [4.78, 5) is 26.7. The maximum absolute atomic E-state index is 12.7. The van der Waals surface area contributed by atoms with Crippen molar-refractivity contribution in [1.29, 1.82) is 0 Å². The van der Waals surface area contributed by atoms with E-state index in [1.54, 1.807) is 48.4 Å². The zero-order valence-electron chi connectivity index (χ0n) is 15.8. The minimum atomic E-state index is -0.486. The van der Waals surface area contributed by atoms with E-state index in [0.717, 1.165) is 5.69 Å². The molecule has 0 spiro atoms. The lowest BCUT2D eigenvalue weighted by atomic mass is 10.1. The van der Waals surface area contributed by atoms with Crippen LogP contribution in [0.5, 0.6) is 17.2 Å². The average Bonchev–Trinajstić information content (AvgIpc) is 3.10. The first kappa shape index (κ1) is 19.8. The third-order valence-corrected chi connectivity index (χ3v) is 4.91. The smallest absolute Gasteiger partial charge is 0.229 e. The van der Waals surface area contributed by atoms with Crippen LogP contribution < -0.4 is 24.4 Å². The van der Waals surface area contributed by atoms with Crippen LogP contribution in [0.3, 0.4) is 0 Å². The molecule has 2 aromatic rings. The van der Waals surface area contributed by atoms with Crippen LogP contribution in [-0.2, 0) is 9.59 Å². The van der Waals surface area contributed by atoms with Crippen molar-refractivity contribution >= 4 is 34.8 Å². The number of methoxy groups -OCH3 is 3. The maximum Gasteiger partial charge on any atom is 0.229 e. The van der Waals surface area contributed by atoms with E-state index in [4.69, 9.17) is 25.8 Å². The molecule has 1 fully saturated rings. The standard InChI is InChI=1S/C20H21ClN2O5/c1-26-14-6-4-13(5-7-14)23-11-12(8-19(23)24)20(25)22-16-9-15(21)17(27-2)10-18(16)28-3/h4-7,9-10,12H,8,11H2,1-3H3,(H,22,25). The summed E-state index contributed by atoms with van der Waals surface area (Å²) in [5, 5.41) is 3.15. The van der Waals surface area contributed by atoms with Crippen molar-refractivity contribution in [2.24, 2.45) is 5.92 Å². The highest BCUT2D eigenvalue weighted by atomic mass is 35.5. The predicted octanol–water partition coefficient (Wildman–Crippen LogP) is 3.36. The van der Waals surface area contributed by atoms with Gasteiger partial charge in [-0.05, 0) is 30.3 Å². The Morgan fingerprint density at radius 1 is 1.07 bits per heavy atom. The van der Waals surface area contributed by atoms with Gasteiger partial charge in [0.05, 0.1) is 38.0 Å². The number of hydrogen-bond donors (Lipinski definition) is 1. The molecule has 0 aromatic heterocycles. The zero-order chi connectivity index (χ0) is 20.3. The van der Waals surface area contributed by atoms with Crippen molar-refractivity contribution in [3.05, 3.63) is 41.4 Å². The van der Waals surface area contributed by atoms with E-state index in [0.29, 0.717) is 34.5 Å². The molecule has 2 aromatic carbocycles. The highest BCUT2D eigenvalue weighted by molar-refractivity contribution is 6.32. The van der Waals surface area contributed by atoms with Crippen molar-refractivity contribution in [2.45, 2.75) is 6.42 Å². The van der Waals surface area contributed by atoms with Crippen LogP contribution in [0.2, 0.25) is 5.02 Å². The van der Waals surface area contributed by atoms with Gasteiger partial charge in [0, 0.05) is 24.7 Å². The van der Waals surface area contributed by atoms with E-state index < -0.39 is 5.92 Å². The van der Waals surface area contributed by atoms with E-state index in [9.17, 15) is 9.59 Å². The molecule has 1 aliphatic rings. The lowest BCUT2D eigenvalue weighted by Gasteiger charge is -2.18. The van der Waals surface area contributed by atoms with E-state index in [2.05, 4.69) is 5.32 Å². The van der Waals surface area contributed by atoms with Gasteiger partial charge in [-0.3, -0.25) is 9.59 Å². The molecule has 1 N–H and O–H groups in total. The van der Waals surface area contributed by atoms with Crippen molar-refractivity contribution in [3.8, 4) is 17.2 Å². The first-order valence-corrected chi connectivity index (χ1v) is 9.01. The summed E-state index contributed by atoms with van der Waals surface area (Å²) in [6.07, 6.45) is 0.129. The van der Waals surface area contributed by atoms with Crippen LogP contribution in [0, 0.1) is 5.92 Å². The third kappa shape index (κ3) is 3.99. The Balaban J connectivity index is 1.73. The highest BCUT2D eigenvalue weighted by Gasteiger charge is 2.35. The molecule has 1 unspecified atom stereocenters. The number of carbonyl (C=O) groups excluding carboxylic acids is 2. The minimum Gasteiger partial charge on any atom is -0.497 e. The number of anilines is 2. The molecule has 0 bridgehead atoms. The minimum absolute atomic E-state index is 0.106. The first-order valence-electron chi connectivity index (χ1n) is 8.63. The molecular weight excluding hydrogens is 384 g/mol. The summed E-state index contributed by atoms with van der Waals surface area (Å²) in [5.74, 6) is 0.700. The number of nitrogens with zero attached hydrogens (tertiary/aromatic N) is 1. The largest absolute Gasteiger partial charge is 0.497 e. The molecule has 1 aliphatic heterocycles. The fourth-order valence-electron chi connectivity index (χ4n) is 3.09. The van der Waals surface area contributed by atoms with Gasteiger partial charge < -0.3 is 24.4 Å². The normalized spacial score (nSPS) is 16.1. The quantitative estimate of drug-likeness (QED) is 0.798. The van der Waals surface area contributed by atoms with Gasteiger partial charge in [-0.25, -0.2) is 0 Å². The first-order chi connectivity index (χ1) is 13.5. The Hall–Kier alpha value is -2.93. The number of ether oxygens (including phenoxy) is 3. The van der Waals surface area contributed by atoms with Gasteiger partial charge in [-0.2, -0.15) is 0 Å². The molecule has 0 radical (unpaired) electrons. The summed E-state index contributed by atoms with van der Waals surface area (Å²) < 4.78 is 15.6. The second-order valence-electron chi connectivity index (χ2n) is 6.28. The van der Waals surface area contributed by atoms with Gasteiger partial charge >= 0.3 is 0 Å². The summed E-state index contributed by atoms with van der Waals surface area (Å²) >= 11 is 6.15. The molecule has 1 atom stereocenters. The van der Waals surface area contributed by atoms with Crippen LogP contribution >= 0.6 is 11.6 Å². The second kappa shape index (κ2) is 8.39. The number of amides is 2. The lowest BCUT2D eigenvalue weighted by molar-refractivity contribution is -0.122. The molecule has 2 amide bonds. The van der Waals surface area contributed by atoms with Crippen LogP contribution in [0.1, 0.15) is 6.42 Å². The molecule has 1 saturated heterocycles. The van der Waals surface area contributed by atoms with Gasteiger partial charge in [-0.15, -0.1) is 0 Å². The van der Waals surface area contributed by atoms with Crippen molar-refractivity contribution in [1.82, 2.24) is 0 Å².